The van der Waals surface area contributed by atoms with Gasteiger partial charge in [0.25, 0.3) is 0 Å². The molecule has 1 aliphatic carbocycles. The molecular weight excluding hydrogens is 314 g/mol. The van der Waals surface area contributed by atoms with Crippen LogP contribution in [0.2, 0.25) is 0 Å². The van der Waals surface area contributed by atoms with Gasteiger partial charge in [-0.2, -0.15) is 8.78 Å². The minimum Gasteiger partial charge on any atom is -0.435 e. The lowest BCUT2D eigenvalue weighted by Gasteiger charge is -2.17. The van der Waals surface area contributed by atoms with E-state index in [9.17, 15) is 13.6 Å². The molecule has 0 spiro atoms. The summed E-state index contributed by atoms with van der Waals surface area (Å²) in [5.41, 5.74) is 1.63. The van der Waals surface area contributed by atoms with Crippen molar-refractivity contribution in [1.82, 2.24) is 5.32 Å². The molecule has 0 unspecified atom stereocenters. The molecule has 2 N–H and O–H groups in total. The van der Waals surface area contributed by atoms with Crippen molar-refractivity contribution in [3.63, 3.8) is 0 Å². The summed E-state index contributed by atoms with van der Waals surface area (Å²) in [4.78, 5) is 12.0. The van der Waals surface area contributed by atoms with Gasteiger partial charge in [-0.25, -0.2) is 4.79 Å². The van der Waals surface area contributed by atoms with Gasteiger partial charge in [0.15, 0.2) is 0 Å². The summed E-state index contributed by atoms with van der Waals surface area (Å²) in [5.74, 6) is 0.00532. The molecule has 1 aliphatic rings. The maximum atomic E-state index is 12.2. The quantitative estimate of drug-likeness (QED) is 0.835. The van der Waals surface area contributed by atoms with E-state index in [0.717, 1.165) is 12.8 Å². The van der Waals surface area contributed by atoms with Crippen LogP contribution in [0.25, 0.3) is 0 Å². The molecule has 126 valence electrons. The standard InChI is InChI=1S/C18H18F2N2O2/c19-16(20)24-15-8-4-7-14(11-15)22-17(23)21-12-18(9-10-18)13-5-2-1-3-6-13/h1-8,11,16H,9-10,12H2,(H2,21,22,23). The topological polar surface area (TPSA) is 50.4 Å². The number of rotatable bonds is 6. The summed E-state index contributed by atoms with van der Waals surface area (Å²) in [6.45, 7) is -2.36. The van der Waals surface area contributed by atoms with Gasteiger partial charge >= 0.3 is 12.6 Å². The van der Waals surface area contributed by atoms with Crippen LogP contribution in [0, 0.1) is 0 Å². The van der Waals surface area contributed by atoms with Crippen LogP contribution < -0.4 is 15.4 Å². The Morgan fingerprint density at radius 3 is 2.54 bits per heavy atom. The Morgan fingerprint density at radius 1 is 1.12 bits per heavy atom. The van der Waals surface area contributed by atoms with Crippen molar-refractivity contribution in [1.29, 1.82) is 0 Å². The van der Waals surface area contributed by atoms with Gasteiger partial charge in [0.2, 0.25) is 0 Å². The zero-order valence-corrected chi connectivity index (χ0v) is 13.0. The molecule has 2 aromatic carbocycles. The maximum Gasteiger partial charge on any atom is 0.387 e. The van der Waals surface area contributed by atoms with Crippen molar-refractivity contribution in [3.05, 3.63) is 60.2 Å². The summed E-state index contributed by atoms with van der Waals surface area (Å²) in [5, 5.41) is 5.49. The molecule has 24 heavy (non-hydrogen) atoms. The van der Waals surface area contributed by atoms with Crippen molar-refractivity contribution in [2.45, 2.75) is 24.9 Å². The van der Waals surface area contributed by atoms with Crippen LogP contribution in [-0.4, -0.2) is 19.2 Å². The van der Waals surface area contributed by atoms with Crippen molar-refractivity contribution < 1.29 is 18.3 Å². The second-order valence-electron chi connectivity index (χ2n) is 5.86. The molecule has 6 heteroatoms. The van der Waals surface area contributed by atoms with Gasteiger partial charge in [0, 0.05) is 23.7 Å². The predicted molar refractivity (Wildman–Crippen MR) is 87.4 cm³/mol. The third kappa shape index (κ3) is 4.01. The summed E-state index contributed by atoms with van der Waals surface area (Å²) < 4.78 is 28.7. The first kappa shape index (κ1) is 16.2. The fourth-order valence-corrected chi connectivity index (χ4v) is 2.68. The van der Waals surface area contributed by atoms with Gasteiger partial charge in [-0.3, -0.25) is 0 Å². The molecular formula is C18H18F2N2O2. The number of benzene rings is 2. The molecule has 0 saturated heterocycles. The molecule has 0 aliphatic heterocycles. The molecule has 0 atom stereocenters. The average molecular weight is 332 g/mol. The lowest BCUT2D eigenvalue weighted by Crippen LogP contribution is -2.35. The van der Waals surface area contributed by atoms with Crippen LogP contribution in [0.4, 0.5) is 19.3 Å². The first-order valence-electron chi connectivity index (χ1n) is 7.73. The number of anilines is 1. The van der Waals surface area contributed by atoms with Crippen molar-refractivity contribution >= 4 is 11.7 Å². The lowest BCUT2D eigenvalue weighted by atomic mass is 9.96. The number of alkyl halides is 2. The fraction of sp³-hybridized carbons (Fsp3) is 0.278. The molecule has 0 heterocycles. The number of amides is 2. The second-order valence-corrected chi connectivity index (χ2v) is 5.86. The van der Waals surface area contributed by atoms with Crippen LogP contribution in [0.15, 0.2) is 54.6 Å². The van der Waals surface area contributed by atoms with Crippen LogP contribution in [0.1, 0.15) is 18.4 Å². The number of carbonyl (C=O) groups excluding carboxylic acids is 1. The van der Waals surface area contributed by atoms with E-state index in [2.05, 4.69) is 27.5 Å². The number of hydrogen-bond donors (Lipinski definition) is 2. The zero-order chi connectivity index (χ0) is 17.0. The monoisotopic (exact) mass is 332 g/mol. The molecule has 1 fully saturated rings. The smallest absolute Gasteiger partial charge is 0.387 e. The van der Waals surface area contributed by atoms with Crippen LogP contribution in [0.3, 0.4) is 0 Å². The van der Waals surface area contributed by atoms with Crippen molar-refractivity contribution in [2.24, 2.45) is 0 Å². The number of nitrogens with one attached hydrogen (secondary N) is 2. The Balaban J connectivity index is 1.55. The molecule has 2 aromatic rings. The third-order valence-corrected chi connectivity index (χ3v) is 4.14. The fourth-order valence-electron chi connectivity index (χ4n) is 2.68. The summed E-state index contributed by atoms with van der Waals surface area (Å²) in [6.07, 6.45) is 2.07. The van der Waals surface area contributed by atoms with E-state index in [-0.39, 0.29) is 17.2 Å². The minimum absolute atomic E-state index is 0.00532. The van der Waals surface area contributed by atoms with Gasteiger partial charge in [-0.1, -0.05) is 36.4 Å². The zero-order valence-electron chi connectivity index (χ0n) is 13.0. The van der Waals surface area contributed by atoms with E-state index >= 15 is 0 Å². The molecule has 0 aromatic heterocycles. The number of urea groups is 1. The Kier molecular flexibility index (Phi) is 4.64. The minimum atomic E-state index is -2.89. The number of hydrogen-bond acceptors (Lipinski definition) is 2. The normalized spacial score (nSPS) is 15.0. The number of halogens is 2. The van der Waals surface area contributed by atoms with Crippen molar-refractivity contribution in [2.75, 3.05) is 11.9 Å². The van der Waals surface area contributed by atoms with E-state index in [1.54, 1.807) is 12.1 Å². The average Bonchev–Trinajstić information content (AvgIpc) is 3.35. The highest BCUT2D eigenvalue weighted by Crippen LogP contribution is 2.47. The molecule has 0 bridgehead atoms. The SMILES string of the molecule is O=C(NCC1(c2ccccc2)CC1)Nc1cccc(OC(F)F)c1. The molecule has 4 nitrogen and oxygen atoms in total. The van der Waals surface area contributed by atoms with Gasteiger partial charge in [-0.05, 0) is 30.5 Å². The van der Waals surface area contributed by atoms with E-state index in [1.165, 1.54) is 17.7 Å². The largest absolute Gasteiger partial charge is 0.435 e. The van der Waals surface area contributed by atoms with Crippen molar-refractivity contribution in [3.8, 4) is 5.75 Å². The summed E-state index contributed by atoms with van der Waals surface area (Å²) >= 11 is 0. The van der Waals surface area contributed by atoms with E-state index in [4.69, 9.17) is 0 Å². The Morgan fingerprint density at radius 2 is 1.88 bits per heavy atom. The second kappa shape index (κ2) is 6.86. The Labute approximate surface area is 138 Å². The first-order chi connectivity index (χ1) is 11.6. The summed E-state index contributed by atoms with van der Waals surface area (Å²) in [7, 11) is 0. The van der Waals surface area contributed by atoms with Gasteiger partial charge < -0.3 is 15.4 Å². The Hall–Kier alpha value is -2.63. The van der Waals surface area contributed by atoms with Gasteiger partial charge in [0.05, 0.1) is 0 Å². The van der Waals surface area contributed by atoms with Gasteiger partial charge in [-0.15, -0.1) is 0 Å². The Bertz CT molecular complexity index is 703. The lowest BCUT2D eigenvalue weighted by molar-refractivity contribution is -0.0497. The molecule has 0 radical (unpaired) electrons. The van der Waals surface area contributed by atoms with Crippen LogP contribution in [0.5, 0.6) is 5.75 Å². The number of carbonyl (C=O) groups is 1. The van der Waals surface area contributed by atoms with Crippen LogP contribution >= 0.6 is 0 Å². The molecule has 2 amide bonds. The predicted octanol–water partition coefficient (Wildman–Crippen LogP) is 4.14. The van der Waals surface area contributed by atoms with E-state index in [0.29, 0.717) is 12.2 Å². The van der Waals surface area contributed by atoms with Crippen LogP contribution in [-0.2, 0) is 5.41 Å². The number of ether oxygens (including phenoxy) is 1. The van der Waals surface area contributed by atoms with Gasteiger partial charge in [0.1, 0.15) is 5.75 Å². The summed E-state index contributed by atoms with van der Waals surface area (Å²) in [6, 6.07) is 15.6. The molecule has 1 saturated carbocycles. The first-order valence-corrected chi connectivity index (χ1v) is 7.73. The maximum absolute atomic E-state index is 12.2. The highest BCUT2D eigenvalue weighted by atomic mass is 19.3. The third-order valence-electron chi connectivity index (χ3n) is 4.14. The highest BCUT2D eigenvalue weighted by molar-refractivity contribution is 5.89. The molecule has 3 rings (SSSR count). The van der Waals surface area contributed by atoms with E-state index < -0.39 is 6.61 Å². The van der Waals surface area contributed by atoms with E-state index in [1.807, 2.05) is 18.2 Å². The highest BCUT2D eigenvalue weighted by Gasteiger charge is 2.44.